The molecule has 0 aliphatic heterocycles. The Balaban J connectivity index is 1.88. The molecule has 4 aromatic heterocycles. The summed E-state index contributed by atoms with van der Waals surface area (Å²) in [6, 6.07) is 9.38. The summed E-state index contributed by atoms with van der Waals surface area (Å²) in [6.45, 7) is 2.52. The number of carboxylic acids is 1. The molecule has 0 aliphatic carbocycles. The van der Waals surface area contributed by atoms with Crippen LogP contribution in [0.4, 0.5) is 0 Å². The summed E-state index contributed by atoms with van der Waals surface area (Å²) in [5.41, 5.74) is 2.46. The van der Waals surface area contributed by atoms with Gasteiger partial charge in [0.05, 0.1) is 34.3 Å². The SMILES string of the molecule is Cc1ccc(-c2cc(C(=O)O)c3cnn(Cc4ccncc4)c3n2)s1. The fourth-order valence-corrected chi connectivity index (χ4v) is 3.53. The van der Waals surface area contributed by atoms with Crippen molar-refractivity contribution in [3.63, 3.8) is 0 Å². The number of hydrogen-bond donors (Lipinski definition) is 1. The molecule has 0 aliphatic rings. The lowest BCUT2D eigenvalue weighted by Crippen LogP contribution is -2.05. The van der Waals surface area contributed by atoms with Gasteiger partial charge in [-0.25, -0.2) is 14.5 Å². The van der Waals surface area contributed by atoms with Crippen molar-refractivity contribution < 1.29 is 9.90 Å². The van der Waals surface area contributed by atoms with Crippen LogP contribution in [0.15, 0.2) is 48.9 Å². The van der Waals surface area contributed by atoms with Crippen LogP contribution in [0.2, 0.25) is 0 Å². The molecule has 25 heavy (non-hydrogen) atoms. The summed E-state index contributed by atoms with van der Waals surface area (Å²) in [7, 11) is 0. The zero-order chi connectivity index (χ0) is 17.4. The van der Waals surface area contributed by atoms with E-state index >= 15 is 0 Å². The predicted molar refractivity (Wildman–Crippen MR) is 95.9 cm³/mol. The minimum Gasteiger partial charge on any atom is -0.478 e. The van der Waals surface area contributed by atoms with E-state index in [2.05, 4.69) is 15.1 Å². The van der Waals surface area contributed by atoms with Crippen molar-refractivity contribution >= 4 is 28.3 Å². The lowest BCUT2D eigenvalue weighted by atomic mass is 10.1. The predicted octanol–water partition coefficient (Wildman–Crippen LogP) is 3.61. The summed E-state index contributed by atoms with van der Waals surface area (Å²) in [5, 5.41) is 14.5. The number of aryl methyl sites for hydroxylation is 1. The van der Waals surface area contributed by atoms with Gasteiger partial charge in [0.25, 0.3) is 0 Å². The Morgan fingerprint density at radius 3 is 2.72 bits per heavy atom. The number of fused-ring (bicyclic) bond motifs is 1. The number of aromatic carboxylic acids is 1. The standard InChI is InChI=1S/C18H14N4O2S/c1-11-2-3-16(25-11)15-8-13(18(23)24)14-9-20-22(17(14)21-15)10-12-4-6-19-7-5-12/h2-9H,10H2,1H3,(H,23,24). The third-order valence-corrected chi connectivity index (χ3v) is 4.94. The van der Waals surface area contributed by atoms with E-state index in [0.29, 0.717) is 23.3 Å². The molecule has 0 amide bonds. The number of rotatable bonds is 4. The third kappa shape index (κ3) is 2.89. The van der Waals surface area contributed by atoms with Gasteiger partial charge >= 0.3 is 5.97 Å². The average molecular weight is 350 g/mol. The van der Waals surface area contributed by atoms with Crippen LogP contribution in [-0.4, -0.2) is 30.8 Å². The minimum absolute atomic E-state index is 0.215. The molecular formula is C18H14N4O2S. The molecule has 6 nitrogen and oxygen atoms in total. The van der Waals surface area contributed by atoms with E-state index in [1.54, 1.807) is 40.7 Å². The molecule has 0 bridgehead atoms. The van der Waals surface area contributed by atoms with Crippen molar-refractivity contribution in [1.82, 2.24) is 19.7 Å². The number of aromatic nitrogens is 4. The van der Waals surface area contributed by atoms with E-state index in [0.717, 1.165) is 15.3 Å². The highest BCUT2D eigenvalue weighted by Crippen LogP contribution is 2.30. The number of pyridine rings is 2. The van der Waals surface area contributed by atoms with Gasteiger partial charge < -0.3 is 5.11 Å². The molecule has 7 heteroatoms. The molecule has 4 aromatic rings. The highest BCUT2D eigenvalue weighted by molar-refractivity contribution is 7.15. The van der Waals surface area contributed by atoms with Crippen LogP contribution in [0, 0.1) is 6.92 Å². The molecule has 4 rings (SSSR count). The number of carbonyl (C=O) groups is 1. The van der Waals surface area contributed by atoms with E-state index in [1.165, 1.54) is 0 Å². The fraction of sp³-hybridized carbons (Fsp3) is 0.111. The van der Waals surface area contributed by atoms with Crippen molar-refractivity contribution in [3.05, 3.63) is 64.9 Å². The smallest absolute Gasteiger partial charge is 0.336 e. The van der Waals surface area contributed by atoms with Crippen LogP contribution < -0.4 is 0 Å². The highest BCUT2D eigenvalue weighted by Gasteiger charge is 2.17. The zero-order valence-corrected chi connectivity index (χ0v) is 14.2. The fourth-order valence-electron chi connectivity index (χ4n) is 2.70. The Morgan fingerprint density at radius 2 is 2.04 bits per heavy atom. The van der Waals surface area contributed by atoms with Gasteiger partial charge in [-0.3, -0.25) is 4.98 Å². The van der Waals surface area contributed by atoms with Crippen LogP contribution >= 0.6 is 11.3 Å². The topological polar surface area (TPSA) is 80.9 Å². The Morgan fingerprint density at radius 1 is 1.24 bits per heavy atom. The Bertz CT molecular complexity index is 1070. The van der Waals surface area contributed by atoms with E-state index in [-0.39, 0.29) is 5.56 Å². The first-order chi connectivity index (χ1) is 12.1. The molecular weight excluding hydrogens is 336 g/mol. The second-order valence-corrected chi connectivity index (χ2v) is 6.95. The van der Waals surface area contributed by atoms with Crippen molar-refractivity contribution in [2.45, 2.75) is 13.5 Å². The first-order valence-corrected chi connectivity index (χ1v) is 8.49. The number of hydrogen-bond acceptors (Lipinski definition) is 5. The van der Waals surface area contributed by atoms with Gasteiger partial charge in [-0.05, 0) is 42.8 Å². The van der Waals surface area contributed by atoms with E-state index in [1.807, 2.05) is 31.2 Å². The Kier molecular flexibility index (Phi) is 3.77. The van der Waals surface area contributed by atoms with E-state index in [4.69, 9.17) is 0 Å². The van der Waals surface area contributed by atoms with Crippen LogP contribution in [0.5, 0.6) is 0 Å². The van der Waals surface area contributed by atoms with Gasteiger partial charge in [-0.1, -0.05) is 0 Å². The molecule has 0 aromatic carbocycles. The first kappa shape index (κ1) is 15.5. The summed E-state index contributed by atoms with van der Waals surface area (Å²) < 4.78 is 1.72. The highest BCUT2D eigenvalue weighted by atomic mass is 32.1. The van der Waals surface area contributed by atoms with Crippen LogP contribution in [0.1, 0.15) is 20.8 Å². The van der Waals surface area contributed by atoms with Gasteiger partial charge in [0.15, 0.2) is 5.65 Å². The molecule has 0 unspecified atom stereocenters. The van der Waals surface area contributed by atoms with Crippen LogP contribution in [-0.2, 0) is 6.54 Å². The maximum Gasteiger partial charge on any atom is 0.336 e. The zero-order valence-electron chi connectivity index (χ0n) is 13.4. The summed E-state index contributed by atoms with van der Waals surface area (Å²) in [5.74, 6) is -0.981. The van der Waals surface area contributed by atoms with E-state index < -0.39 is 5.97 Å². The van der Waals surface area contributed by atoms with Gasteiger partial charge in [0, 0.05) is 17.3 Å². The second kappa shape index (κ2) is 6.10. The van der Waals surface area contributed by atoms with Gasteiger partial charge in [0.1, 0.15) is 0 Å². The number of thiophene rings is 1. The molecule has 0 saturated heterocycles. The average Bonchev–Trinajstić information content (AvgIpc) is 3.21. The third-order valence-electron chi connectivity index (χ3n) is 3.91. The van der Waals surface area contributed by atoms with Crippen molar-refractivity contribution in [2.75, 3.05) is 0 Å². The maximum atomic E-state index is 11.7. The Hall–Kier alpha value is -3.06. The summed E-state index contributed by atoms with van der Waals surface area (Å²) in [4.78, 5) is 22.5. The maximum absolute atomic E-state index is 11.7. The monoisotopic (exact) mass is 350 g/mol. The normalized spacial score (nSPS) is 11.1. The van der Waals surface area contributed by atoms with Crippen molar-refractivity contribution in [1.29, 1.82) is 0 Å². The minimum atomic E-state index is -0.981. The lowest BCUT2D eigenvalue weighted by molar-refractivity contribution is 0.0699. The van der Waals surface area contributed by atoms with Crippen LogP contribution in [0.25, 0.3) is 21.6 Å². The van der Waals surface area contributed by atoms with Gasteiger partial charge in [-0.15, -0.1) is 11.3 Å². The molecule has 0 fully saturated rings. The molecule has 0 atom stereocenters. The molecule has 0 saturated carbocycles. The lowest BCUT2D eigenvalue weighted by Gasteiger charge is -2.06. The molecule has 0 spiro atoms. The molecule has 1 N–H and O–H groups in total. The first-order valence-electron chi connectivity index (χ1n) is 7.67. The number of carboxylic acid groups (broad SMARTS) is 1. The van der Waals surface area contributed by atoms with Gasteiger partial charge in [-0.2, -0.15) is 5.10 Å². The number of nitrogens with zero attached hydrogens (tertiary/aromatic N) is 4. The van der Waals surface area contributed by atoms with E-state index in [9.17, 15) is 9.90 Å². The van der Waals surface area contributed by atoms with Crippen LogP contribution in [0.3, 0.4) is 0 Å². The largest absolute Gasteiger partial charge is 0.478 e. The summed E-state index contributed by atoms with van der Waals surface area (Å²) >= 11 is 1.59. The van der Waals surface area contributed by atoms with Crippen molar-refractivity contribution in [2.24, 2.45) is 0 Å². The summed E-state index contributed by atoms with van der Waals surface area (Å²) in [6.07, 6.45) is 5.00. The quantitative estimate of drug-likeness (QED) is 0.608. The second-order valence-electron chi connectivity index (χ2n) is 5.67. The molecule has 4 heterocycles. The Labute approximate surface area is 147 Å². The molecule has 124 valence electrons. The van der Waals surface area contributed by atoms with Gasteiger partial charge in [0.2, 0.25) is 0 Å². The van der Waals surface area contributed by atoms with Crippen molar-refractivity contribution in [3.8, 4) is 10.6 Å². The molecule has 0 radical (unpaired) electrons.